The Bertz CT molecular complexity index is 638. The molecule has 1 unspecified atom stereocenters. The monoisotopic (exact) mass is 312 g/mol. The molecule has 0 radical (unpaired) electrons. The van der Waals surface area contributed by atoms with Crippen molar-refractivity contribution in [2.24, 2.45) is 0 Å². The molecule has 20 heavy (non-hydrogen) atoms. The molecule has 0 aliphatic carbocycles. The zero-order chi connectivity index (χ0) is 14.9. The van der Waals surface area contributed by atoms with E-state index in [1.807, 2.05) is 25.1 Å². The van der Waals surface area contributed by atoms with Crippen LogP contribution in [0, 0.1) is 5.82 Å². The van der Waals surface area contributed by atoms with E-state index >= 15 is 0 Å². The van der Waals surface area contributed by atoms with Crippen molar-refractivity contribution in [3.05, 3.63) is 69.0 Å². The number of hydrogen-bond acceptors (Lipinski definition) is 1. The first-order chi connectivity index (χ1) is 9.36. The van der Waals surface area contributed by atoms with Crippen LogP contribution >= 0.6 is 23.2 Å². The molecule has 0 aromatic heterocycles. The van der Waals surface area contributed by atoms with Gasteiger partial charge in [-0.1, -0.05) is 54.4 Å². The molecular formula is C16H15Cl2FO. The minimum atomic E-state index is -1.38. The fourth-order valence-corrected chi connectivity index (χ4v) is 2.71. The molecule has 0 aliphatic rings. The van der Waals surface area contributed by atoms with Crippen molar-refractivity contribution in [3.8, 4) is 0 Å². The van der Waals surface area contributed by atoms with Crippen molar-refractivity contribution < 1.29 is 9.50 Å². The third-order valence-corrected chi connectivity index (χ3v) is 4.03. The second-order valence-electron chi connectivity index (χ2n) is 4.87. The van der Waals surface area contributed by atoms with Gasteiger partial charge in [0.1, 0.15) is 11.4 Å². The number of benzene rings is 2. The number of aryl methyl sites for hydroxylation is 1. The Labute approximate surface area is 128 Å². The van der Waals surface area contributed by atoms with Gasteiger partial charge in [0.05, 0.1) is 5.02 Å². The quantitative estimate of drug-likeness (QED) is 0.795. The van der Waals surface area contributed by atoms with E-state index in [2.05, 4.69) is 0 Å². The highest BCUT2D eigenvalue weighted by Crippen LogP contribution is 2.36. The highest BCUT2D eigenvalue weighted by Gasteiger charge is 2.29. The van der Waals surface area contributed by atoms with E-state index in [1.54, 1.807) is 13.0 Å². The number of rotatable bonds is 3. The minimum Gasteiger partial charge on any atom is -0.381 e. The molecule has 1 atom stereocenters. The Balaban J connectivity index is 2.56. The fraction of sp³-hybridized carbons (Fsp3) is 0.250. The van der Waals surface area contributed by atoms with E-state index in [0.717, 1.165) is 12.0 Å². The molecule has 0 saturated carbocycles. The molecule has 0 spiro atoms. The zero-order valence-corrected chi connectivity index (χ0v) is 12.8. The van der Waals surface area contributed by atoms with Crippen LogP contribution in [0.3, 0.4) is 0 Å². The molecule has 2 aromatic rings. The van der Waals surface area contributed by atoms with Crippen molar-refractivity contribution in [3.63, 3.8) is 0 Å². The first-order valence-electron chi connectivity index (χ1n) is 6.33. The summed E-state index contributed by atoms with van der Waals surface area (Å²) in [7, 11) is 0. The Morgan fingerprint density at radius 2 is 1.85 bits per heavy atom. The summed E-state index contributed by atoms with van der Waals surface area (Å²) in [5.41, 5.74) is 0.677. The lowest BCUT2D eigenvalue weighted by molar-refractivity contribution is 0.102. The van der Waals surface area contributed by atoms with E-state index in [1.165, 1.54) is 12.1 Å². The highest BCUT2D eigenvalue weighted by molar-refractivity contribution is 6.35. The maximum Gasteiger partial charge on any atom is 0.142 e. The van der Waals surface area contributed by atoms with Gasteiger partial charge in [-0.3, -0.25) is 0 Å². The molecule has 0 saturated heterocycles. The Kier molecular flexibility index (Phi) is 4.38. The zero-order valence-electron chi connectivity index (χ0n) is 11.3. The fourth-order valence-electron chi connectivity index (χ4n) is 2.15. The third-order valence-electron chi connectivity index (χ3n) is 3.43. The van der Waals surface area contributed by atoms with E-state index in [9.17, 15) is 9.50 Å². The van der Waals surface area contributed by atoms with Gasteiger partial charge < -0.3 is 5.11 Å². The van der Waals surface area contributed by atoms with Crippen LogP contribution in [0.2, 0.25) is 10.0 Å². The summed E-state index contributed by atoms with van der Waals surface area (Å²) < 4.78 is 13.6. The second kappa shape index (κ2) is 5.72. The largest absolute Gasteiger partial charge is 0.381 e. The first-order valence-corrected chi connectivity index (χ1v) is 7.08. The molecule has 0 bridgehead atoms. The minimum absolute atomic E-state index is 0.0585. The van der Waals surface area contributed by atoms with Crippen molar-refractivity contribution in [1.29, 1.82) is 0 Å². The molecule has 0 heterocycles. The summed E-state index contributed by atoms with van der Waals surface area (Å²) in [6.45, 7) is 3.62. The lowest BCUT2D eigenvalue weighted by Crippen LogP contribution is -2.23. The van der Waals surface area contributed by atoms with Crippen molar-refractivity contribution >= 4 is 23.2 Å². The third kappa shape index (κ3) is 2.83. The van der Waals surface area contributed by atoms with Gasteiger partial charge in [0.15, 0.2) is 0 Å². The van der Waals surface area contributed by atoms with Gasteiger partial charge in [-0.25, -0.2) is 4.39 Å². The van der Waals surface area contributed by atoms with Crippen molar-refractivity contribution in [2.45, 2.75) is 25.9 Å². The first kappa shape index (κ1) is 15.3. The number of aliphatic hydroxyl groups is 1. The van der Waals surface area contributed by atoms with Gasteiger partial charge in [-0.05, 0) is 36.6 Å². The highest BCUT2D eigenvalue weighted by atomic mass is 35.5. The topological polar surface area (TPSA) is 20.2 Å². The molecule has 0 fully saturated rings. The molecule has 1 N–H and O–H groups in total. The van der Waals surface area contributed by atoms with Crippen molar-refractivity contribution in [1.82, 2.24) is 0 Å². The normalized spacial score (nSPS) is 14.1. The predicted molar refractivity (Wildman–Crippen MR) is 80.9 cm³/mol. The van der Waals surface area contributed by atoms with E-state index < -0.39 is 11.4 Å². The maximum absolute atomic E-state index is 13.6. The van der Waals surface area contributed by atoms with Crippen molar-refractivity contribution in [2.75, 3.05) is 0 Å². The van der Waals surface area contributed by atoms with E-state index in [4.69, 9.17) is 23.2 Å². The lowest BCUT2D eigenvalue weighted by atomic mass is 9.87. The summed E-state index contributed by atoms with van der Waals surface area (Å²) in [5, 5.41) is 11.0. The molecule has 2 aromatic carbocycles. The molecule has 106 valence electrons. The van der Waals surface area contributed by atoms with Crippen LogP contribution in [-0.4, -0.2) is 5.11 Å². The molecule has 1 nitrogen and oxygen atoms in total. The average Bonchev–Trinajstić information content (AvgIpc) is 2.42. The summed E-state index contributed by atoms with van der Waals surface area (Å²) in [4.78, 5) is 0. The number of hydrogen-bond donors (Lipinski definition) is 1. The molecular weight excluding hydrogens is 298 g/mol. The Morgan fingerprint density at radius 3 is 2.50 bits per heavy atom. The van der Waals surface area contributed by atoms with Gasteiger partial charge in [0.2, 0.25) is 0 Å². The molecule has 0 aliphatic heterocycles. The van der Waals surface area contributed by atoms with E-state index in [0.29, 0.717) is 11.1 Å². The summed E-state index contributed by atoms with van der Waals surface area (Å²) in [6, 6.07) is 10.0. The molecule has 2 rings (SSSR count). The van der Waals surface area contributed by atoms with Gasteiger partial charge in [-0.2, -0.15) is 0 Å². The van der Waals surface area contributed by atoms with Crippen LogP contribution in [0.25, 0.3) is 0 Å². The number of halogens is 3. The summed E-state index contributed by atoms with van der Waals surface area (Å²) in [6.07, 6.45) is 0.854. The van der Waals surface area contributed by atoms with Gasteiger partial charge >= 0.3 is 0 Å². The van der Waals surface area contributed by atoms with Crippen LogP contribution in [0.15, 0.2) is 36.4 Å². The lowest BCUT2D eigenvalue weighted by Gasteiger charge is -2.26. The van der Waals surface area contributed by atoms with Crippen LogP contribution in [0.4, 0.5) is 4.39 Å². The van der Waals surface area contributed by atoms with Gasteiger partial charge in [0.25, 0.3) is 0 Å². The molecule has 0 amide bonds. The standard InChI is InChI=1S/C16H15Cl2FO/c1-3-10-5-4-6-11(7-10)16(2,20)12-8-15(19)14(18)9-13(12)17/h4-9,20H,3H2,1-2H3. The van der Waals surface area contributed by atoms with Crippen LogP contribution in [0.5, 0.6) is 0 Å². The summed E-state index contributed by atoms with van der Waals surface area (Å²) in [5.74, 6) is -0.599. The molecule has 4 heteroatoms. The average molecular weight is 313 g/mol. The van der Waals surface area contributed by atoms with Crippen LogP contribution in [-0.2, 0) is 12.0 Å². The summed E-state index contributed by atoms with van der Waals surface area (Å²) >= 11 is 11.8. The Morgan fingerprint density at radius 1 is 1.15 bits per heavy atom. The van der Waals surface area contributed by atoms with E-state index in [-0.39, 0.29) is 10.0 Å². The second-order valence-corrected chi connectivity index (χ2v) is 5.69. The predicted octanol–water partition coefficient (Wildman–Crippen LogP) is 4.95. The Hall–Kier alpha value is -1.09. The van der Waals surface area contributed by atoms with Crippen LogP contribution in [0.1, 0.15) is 30.5 Å². The maximum atomic E-state index is 13.6. The van der Waals surface area contributed by atoms with Gasteiger partial charge in [-0.15, -0.1) is 0 Å². The SMILES string of the molecule is CCc1cccc(C(C)(O)c2cc(F)c(Cl)cc2Cl)c1. The van der Waals surface area contributed by atoms with Crippen LogP contribution < -0.4 is 0 Å². The van der Waals surface area contributed by atoms with Gasteiger partial charge in [0, 0.05) is 10.6 Å². The smallest absolute Gasteiger partial charge is 0.142 e.